The van der Waals surface area contributed by atoms with Crippen molar-refractivity contribution in [3.05, 3.63) is 58.6 Å². The van der Waals surface area contributed by atoms with Crippen molar-refractivity contribution in [2.45, 2.75) is 0 Å². The van der Waals surface area contributed by atoms with Crippen LogP contribution in [-0.2, 0) is 9.59 Å². The highest BCUT2D eigenvalue weighted by Crippen LogP contribution is 2.21. The molecule has 0 heterocycles. The SMILES string of the molecule is O=C(Nc1ccc(F)cc1F)C(=O)Nc1ccccc1Br. The van der Waals surface area contributed by atoms with Crippen LogP contribution in [-0.4, -0.2) is 11.8 Å². The van der Waals surface area contributed by atoms with E-state index in [-0.39, 0.29) is 5.69 Å². The van der Waals surface area contributed by atoms with Crippen molar-refractivity contribution in [3.8, 4) is 0 Å². The molecule has 21 heavy (non-hydrogen) atoms. The van der Waals surface area contributed by atoms with Gasteiger partial charge in [-0.3, -0.25) is 9.59 Å². The maximum Gasteiger partial charge on any atom is 0.314 e. The van der Waals surface area contributed by atoms with E-state index >= 15 is 0 Å². The van der Waals surface area contributed by atoms with E-state index in [2.05, 4.69) is 26.6 Å². The zero-order valence-corrected chi connectivity index (χ0v) is 12.1. The first kappa shape index (κ1) is 15.1. The van der Waals surface area contributed by atoms with E-state index in [1.54, 1.807) is 24.3 Å². The molecule has 108 valence electrons. The molecule has 0 fully saturated rings. The van der Waals surface area contributed by atoms with E-state index in [4.69, 9.17) is 0 Å². The summed E-state index contributed by atoms with van der Waals surface area (Å²) in [4.78, 5) is 23.4. The van der Waals surface area contributed by atoms with Crippen molar-refractivity contribution < 1.29 is 18.4 Å². The van der Waals surface area contributed by atoms with Gasteiger partial charge in [0.2, 0.25) is 0 Å². The van der Waals surface area contributed by atoms with Gasteiger partial charge in [0.05, 0.1) is 11.4 Å². The molecule has 7 heteroatoms. The molecule has 0 saturated heterocycles. The molecule has 2 amide bonds. The Balaban J connectivity index is 2.06. The van der Waals surface area contributed by atoms with Crippen LogP contribution < -0.4 is 10.6 Å². The summed E-state index contributed by atoms with van der Waals surface area (Å²) < 4.78 is 26.7. The predicted octanol–water partition coefficient (Wildman–Crippen LogP) is 3.30. The molecule has 0 radical (unpaired) electrons. The Hall–Kier alpha value is -2.28. The topological polar surface area (TPSA) is 58.2 Å². The van der Waals surface area contributed by atoms with Crippen molar-refractivity contribution >= 4 is 39.1 Å². The number of para-hydroxylation sites is 1. The number of hydrogen-bond donors (Lipinski definition) is 2. The Morgan fingerprint density at radius 1 is 0.905 bits per heavy atom. The first-order chi connectivity index (χ1) is 9.97. The lowest BCUT2D eigenvalue weighted by Crippen LogP contribution is -2.29. The minimum Gasteiger partial charge on any atom is -0.317 e. The first-order valence-electron chi connectivity index (χ1n) is 5.79. The van der Waals surface area contributed by atoms with Gasteiger partial charge in [-0.05, 0) is 40.2 Å². The quantitative estimate of drug-likeness (QED) is 0.813. The van der Waals surface area contributed by atoms with Gasteiger partial charge in [-0.25, -0.2) is 8.78 Å². The molecule has 0 bridgehead atoms. The average molecular weight is 355 g/mol. The first-order valence-corrected chi connectivity index (χ1v) is 6.58. The van der Waals surface area contributed by atoms with E-state index in [1.165, 1.54) is 0 Å². The summed E-state index contributed by atoms with van der Waals surface area (Å²) in [6, 6.07) is 9.33. The summed E-state index contributed by atoms with van der Waals surface area (Å²) >= 11 is 3.21. The standard InChI is InChI=1S/C14H9BrF2N2O2/c15-9-3-1-2-4-11(9)18-13(20)14(21)19-12-6-5-8(16)7-10(12)17/h1-7H,(H,18,20)(H,19,21). The molecule has 0 aliphatic rings. The van der Waals surface area contributed by atoms with Gasteiger partial charge in [-0.1, -0.05) is 12.1 Å². The second-order valence-corrected chi connectivity index (χ2v) is 4.87. The van der Waals surface area contributed by atoms with Crippen LogP contribution in [0.2, 0.25) is 0 Å². The Labute approximate surface area is 127 Å². The van der Waals surface area contributed by atoms with E-state index in [1.807, 2.05) is 0 Å². The predicted molar refractivity (Wildman–Crippen MR) is 77.8 cm³/mol. The smallest absolute Gasteiger partial charge is 0.314 e. The lowest BCUT2D eigenvalue weighted by molar-refractivity contribution is -0.133. The summed E-state index contributed by atoms with van der Waals surface area (Å²) in [7, 11) is 0. The third-order valence-electron chi connectivity index (χ3n) is 2.51. The van der Waals surface area contributed by atoms with Gasteiger partial charge >= 0.3 is 11.8 Å². The largest absolute Gasteiger partial charge is 0.317 e. The van der Waals surface area contributed by atoms with E-state index in [0.717, 1.165) is 12.1 Å². The number of rotatable bonds is 2. The van der Waals surface area contributed by atoms with Gasteiger partial charge in [0.15, 0.2) is 0 Å². The fourth-order valence-corrected chi connectivity index (χ4v) is 1.90. The van der Waals surface area contributed by atoms with Crippen LogP contribution in [0.25, 0.3) is 0 Å². The molecule has 2 aromatic rings. The van der Waals surface area contributed by atoms with Crippen LogP contribution in [0, 0.1) is 11.6 Å². The number of anilines is 2. The van der Waals surface area contributed by atoms with Crippen LogP contribution in [0.5, 0.6) is 0 Å². The van der Waals surface area contributed by atoms with E-state index in [0.29, 0.717) is 16.2 Å². The molecule has 2 rings (SSSR count). The monoisotopic (exact) mass is 354 g/mol. The highest BCUT2D eigenvalue weighted by Gasteiger charge is 2.16. The minimum atomic E-state index is -1.06. The fraction of sp³-hybridized carbons (Fsp3) is 0. The lowest BCUT2D eigenvalue weighted by atomic mass is 10.3. The molecule has 0 aliphatic heterocycles. The van der Waals surface area contributed by atoms with Crippen LogP contribution >= 0.6 is 15.9 Å². The van der Waals surface area contributed by atoms with E-state index in [9.17, 15) is 18.4 Å². The lowest BCUT2D eigenvalue weighted by Gasteiger charge is -2.08. The number of benzene rings is 2. The Kier molecular flexibility index (Phi) is 4.64. The van der Waals surface area contributed by atoms with Crippen LogP contribution in [0.1, 0.15) is 0 Å². The summed E-state index contributed by atoms with van der Waals surface area (Å²) in [6.45, 7) is 0. The molecule has 0 atom stereocenters. The van der Waals surface area contributed by atoms with Gasteiger partial charge in [0, 0.05) is 10.5 Å². The number of amides is 2. The molecule has 0 unspecified atom stereocenters. The zero-order chi connectivity index (χ0) is 15.4. The second-order valence-electron chi connectivity index (χ2n) is 4.01. The zero-order valence-electron chi connectivity index (χ0n) is 10.5. The number of nitrogens with one attached hydrogen (secondary N) is 2. The fourth-order valence-electron chi connectivity index (χ4n) is 1.51. The van der Waals surface area contributed by atoms with E-state index < -0.39 is 23.4 Å². The molecule has 4 nitrogen and oxygen atoms in total. The summed E-state index contributed by atoms with van der Waals surface area (Å²) in [5.74, 6) is -3.76. The van der Waals surface area contributed by atoms with Crippen molar-refractivity contribution in [1.82, 2.24) is 0 Å². The van der Waals surface area contributed by atoms with Gasteiger partial charge in [-0.15, -0.1) is 0 Å². The Morgan fingerprint density at radius 3 is 2.14 bits per heavy atom. The van der Waals surface area contributed by atoms with Crippen molar-refractivity contribution in [2.75, 3.05) is 10.6 Å². The highest BCUT2D eigenvalue weighted by atomic mass is 79.9. The molecule has 0 aliphatic carbocycles. The molecular weight excluding hydrogens is 346 g/mol. The third kappa shape index (κ3) is 3.85. The maximum atomic E-state index is 13.4. The molecular formula is C14H9BrF2N2O2. The van der Waals surface area contributed by atoms with Gasteiger partial charge in [0.25, 0.3) is 0 Å². The van der Waals surface area contributed by atoms with Gasteiger partial charge < -0.3 is 10.6 Å². The summed E-state index contributed by atoms with van der Waals surface area (Å²) in [6.07, 6.45) is 0. The number of carbonyl (C=O) groups is 2. The highest BCUT2D eigenvalue weighted by molar-refractivity contribution is 9.10. The Morgan fingerprint density at radius 2 is 1.52 bits per heavy atom. The summed E-state index contributed by atoms with van der Waals surface area (Å²) in [5.41, 5.74) is 0.126. The molecule has 2 aromatic carbocycles. The van der Waals surface area contributed by atoms with Crippen molar-refractivity contribution in [2.24, 2.45) is 0 Å². The third-order valence-corrected chi connectivity index (χ3v) is 3.20. The maximum absolute atomic E-state index is 13.4. The van der Waals surface area contributed by atoms with Crippen LogP contribution in [0.4, 0.5) is 20.2 Å². The van der Waals surface area contributed by atoms with Crippen LogP contribution in [0.15, 0.2) is 46.9 Å². The van der Waals surface area contributed by atoms with Crippen LogP contribution in [0.3, 0.4) is 0 Å². The summed E-state index contributed by atoms with van der Waals surface area (Å²) in [5, 5.41) is 4.44. The second kappa shape index (κ2) is 6.45. The molecule has 0 aromatic heterocycles. The number of hydrogen-bond acceptors (Lipinski definition) is 2. The number of halogens is 3. The molecule has 0 spiro atoms. The molecule has 2 N–H and O–H groups in total. The van der Waals surface area contributed by atoms with Crippen molar-refractivity contribution in [1.29, 1.82) is 0 Å². The molecule has 0 saturated carbocycles. The normalized spacial score (nSPS) is 10.0. The van der Waals surface area contributed by atoms with Gasteiger partial charge in [-0.2, -0.15) is 0 Å². The minimum absolute atomic E-state index is 0.274. The van der Waals surface area contributed by atoms with Gasteiger partial charge in [0.1, 0.15) is 11.6 Å². The average Bonchev–Trinajstić information content (AvgIpc) is 2.44. The Bertz CT molecular complexity index is 707. The van der Waals surface area contributed by atoms with Crippen molar-refractivity contribution in [3.63, 3.8) is 0 Å². The number of carbonyl (C=O) groups excluding carboxylic acids is 2.